The highest BCUT2D eigenvalue weighted by Gasteiger charge is 2.10. The van der Waals surface area contributed by atoms with Gasteiger partial charge in [0.1, 0.15) is 0 Å². The van der Waals surface area contributed by atoms with Gasteiger partial charge in [-0.05, 0) is 30.2 Å². The molecule has 17 heavy (non-hydrogen) atoms. The topological polar surface area (TPSA) is 34.1 Å². The molecule has 0 aliphatic rings. The Balaban J connectivity index is 1.81. The van der Waals surface area contributed by atoms with Crippen molar-refractivity contribution >= 4 is 11.5 Å². The Morgan fingerprint density at radius 3 is 2.76 bits per heavy atom. The van der Waals surface area contributed by atoms with E-state index in [1.807, 2.05) is 37.5 Å². The molecule has 1 heterocycles. The molecule has 0 aliphatic heterocycles. The average Bonchev–Trinajstić information content (AvgIpc) is 2.90. The number of nitrogens with one attached hydrogen (secondary N) is 1. The van der Waals surface area contributed by atoms with E-state index in [0.29, 0.717) is 13.2 Å². The first-order chi connectivity index (χ1) is 8.40. The number of rotatable bonds is 6. The zero-order valence-electron chi connectivity index (χ0n) is 9.80. The summed E-state index contributed by atoms with van der Waals surface area (Å²) in [6, 6.07) is 12.5. The van der Waals surface area contributed by atoms with Gasteiger partial charge < -0.3 is 10.1 Å². The van der Waals surface area contributed by atoms with Crippen LogP contribution < -0.4 is 5.32 Å². The van der Waals surface area contributed by atoms with E-state index >= 15 is 0 Å². The molecule has 0 saturated carbocycles. The predicted molar refractivity (Wildman–Crippen MR) is 70.0 cm³/mol. The Morgan fingerprint density at radius 2 is 2.12 bits per heavy atom. The molecule has 0 aliphatic carbocycles. The lowest BCUT2D eigenvalue weighted by molar-refractivity contribution is 0.101. The summed E-state index contributed by atoms with van der Waals surface area (Å²) in [4.78, 5) is 1.21. The maximum Gasteiger partial charge on any atom is 0.0717 e. The highest BCUT2D eigenvalue weighted by molar-refractivity contribution is 7.05. The molecule has 2 rings (SSSR count). The van der Waals surface area contributed by atoms with Gasteiger partial charge in [-0.2, -0.15) is 0 Å². The quantitative estimate of drug-likeness (QED) is 0.853. The normalized spacial score (nSPS) is 12.5. The van der Waals surface area contributed by atoms with Gasteiger partial charge in [0.2, 0.25) is 0 Å². The van der Waals surface area contributed by atoms with E-state index < -0.39 is 0 Å². The third-order valence-electron chi connectivity index (χ3n) is 2.55. The number of hydrogen-bond donors (Lipinski definition) is 1. The van der Waals surface area contributed by atoms with Crippen LogP contribution in [0, 0.1) is 0 Å². The summed E-state index contributed by atoms with van der Waals surface area (Å²) < 4.78 is 9.82. The van der Waals surface area contributed by atoms with Crippen LogP contribution in [0.1, 0.15) is 16.5 Å². The van der Waals surface area contributed by atoms with Crippen LogP contribution in [0.25, 0.3) is 0 Å². The molecule has 0 bridgehead atoms. The van der Waals surface area contributed by atoms with E-state index in [-0.39, 0.29) is 6.04 Å². The molecule has 2 aromatic rings. The first-order valence-corrected chi connectivity index (χ1v) is 6.37. The minimum atomic E-state index is 0.228. The van der Waals surface area contributed by atoms with Crippen molar-refractivity contribution in [3.05, 3.63) is 53.0 Å². The van der Waals surface area contributed by atoms with Crippen molar-refractivity contribution in [3.8, 4) is 0 Å². The van der Waals surface area contributed by atoms with Crippen molar-refractivity contribution in [2.75, 3.05) is 13.7 Å². The zero-order valence-corrected chi connectivity index (χ0v) is 10.6. The molecule has 0 fully saturated rings. The highest BCUT2D eigenvalue weighted by atomic mass is 32.1. The summed E-state index contributed by atoms with van der Waals surface area (Å²) in [5, 5.41) is 3.24. The molecule has 0 spiro atoms. The van der Waals surface area contributed by atoms with Crippen molar-refractivity contribution in [2.24, 2.45) is 0 Å². The lowest BCUT2D eigenvalue weighted by Crippen LogP contribution is -2.20. The molecular formula is C13H16N2OS. The predicted octanol–water partition coefficient (Wildman–Crippen LogP) is 2.62. The van der Waals surface area contributed by atoms with Crippen LogP contribution in [-0.4, -0.2) is 18.0 Å². The first-order valence-electron chi connectivity index (χ1n) is 5.59. The highest BCUT2D eigenvalue weighted by Crippen LogP contribution is 2.16. The number of likely N-dealkylation sites (N-methyl/N-ethyl adjacent to an activating group) is 1. The lowest BCUT2D eigenvalue weighted by atomic mass is 10.2. The molecule has 4 heteroatoms. The molecule has 0 saturated heterocycles. The van der Waals surface area contributed by atoms with Crippen LogP contribution in [0.15, 0.2) is 42.6 Å². The minimum Gasteiger partial charge on any atom is -0.375 e. The van der Waals surface area contributed by atoms with E-state index in [9.17, 15) is 0 Å². The monoisotopic (exact) mass is 248 g/mol. The third-order valence-corrected chi connectivity index (χ3v) is 3.40. The standard InChI is InChI=1S/C13H16N2OS/c1-14-12(13-7-8-15-17-13)10-16-9-11-5-3-2-4-6-11/h2-8,12,14H,9-10H2,1H3. The molecule has 1 N–H and O–H groups in total. The second-order valence-electron chi connectivity index (χ2n) is 3.76. The maximum atomic E-state index is 5.71. The third kappa shape index (κ3) is 3.63. The van der Waals surface area contributed by atoms with Gasteiger partial charge in [0.25, 0.3) is 0 Å². The van der Waals surface area contributed by atoms with E-state index in [1.165, 1.54) is 22.0 Å². The van der Waals surface area contributed by atoms with Crippen LogP contribution in [-0.2, 0) is 11.3 Å². The van der Waals surface area contributed by atoms with Gasteiger partial charge in [-0.25, -0.2) is 4.37 Å². The Hall–Kier alpha value is -1.23. The van der Waals surface area contributed by atoms with Crippen LogP contribution in [0.3, 0.4) is 0 Å². The summed E-state index contributed by atoms with van der Waals surface area (Å²) in [6.07, 6.45) is 1.82. The fraction of sp³-hybridized carbons (Fsp3) is 0.308. The molecule has 1 aromatic heterocycles. The largest absolute Gasteiger partial charge is 0.375 e. The Labute approximate surface area is 106 Å². The van der Waals surface area contributed by atoms with Gasteiger partial charge in [0.05, 0.1) is 19.3 Å². The summed E-state index contributed by atoms with van der Waals surface area (Å²) in [5.74, 6) is 0. The van der Waals surface area contributed by atoms with Gasteiger partial charge in [0, 0.05) is 11.1 Å². The molecule has 1 atom stereocenters. The van der Waals surface area contributed by atoms with Gasteiger partial charge in [-0.3, -0.25) is 0 Å². The number of nitrogens with zero attached hydrogens (tertiary/aromatic N) is 1. The maximum absolute atomic E-state index is 5.71. The average molecular weight is 248 g/mol. The Morgan fingerprint density at radius 1 is 1.29 bits per heavy atom. The van der Waals surface area contributed by atoms with Crippen LogP contribution >= 0.6 is 11.5 Å². The lowest BCUT2D eigenvalue weighted by Gasteiger charge is -2.14. The summed E-state index contributed by atoms with van der Waals surface area (Å²) >= 11 is 1.51. The number of benzene rings is 1. The van der Waals surface area contributed by atoms with Crippen molar-refractivity contribution in [1.82, 2.24) is 9.69 Å². The van der Waals surface area contributed by atoms with Crippen LogP contribution in [0.5, 0.6) is 0 Å². The van der Waals surface area contributed by atoms with E-state index in [4.69, 9.17) is 4.74 Å². The van der Waals surface area contributed by atoms with E-state index in [0.717, 1.165) is 0 Å². The second-order valence-corrected chi connectivity index (χ2v) is 4.62. The summed E-state index contributed by atoms with van der Waals surface area (Å²) in [7, 11) is 1.94. The summed E-state index contributed by atoms with van der Waals surface area (Å²) in [5.41, 5.74) is 1.20. The van der Waals surface area contributed by atoms with Crippen molar-refractivity contribution in [2.45, 2.75) is 12.6 Å². The molecule has 1 aromatic carbocycles. The molecule has 0 amide bonds. The van der Waals surface area contributed by atoms with Gasteiger partial charge in [-0.15, -0.1) is 0 Å². The molecular weight excluding hydrogens is 232 g/mol. The molecule has 1 unspecified atom stereocenters. The zero-order chi connectivity index (χ0) is 11.9. The Kier molecular flexibility index (Phi) is 4.67. The van der Waals surface area contributed by atoms with Gasteiger partial charge in [0.15, 0.2) is 0 Å². The van der Waals surface area contributed by atoms with Gasteiger partial charge >= 0.3 is 0 Å². The summed E-state index contributed by atoms with van der Waals surface area (Å²) in [6.45, 7) is 1.31. The van der Waals surface area contributed by atoms with E-state index in [2.05, 4.69) is 21.8 Å². The van der Waals surface area contributed by atoms with Crippen LogP contribution in [0.2, 0.25) is 0 Å². The molecule has 0 radical (unpaired) electrons. The smallest absolute Gasteiger partial charge is 0.0717 e. The van der Waals surface area contributed by atoms with Gasteiger partial charge in [-0.1, -0.05) is 30.3 Å². The van der Waals surface area contributed by atoms with Crippen molar-refractivity contribution in [1.29, 1.82) is 0 Å². The van der Waals surface area contributed by atoms with Crippen molar-refractivity contribution in [3.63, 3.8) is 0 Å². The molecule has 3 nitrogen and oxygen atoms in total. The second kappa shape index (κ2) is 6.49. The van der Waals surface area contributed by atoms with Crippen LogP contribution in [0.4, 0.5) is 0 Å². The fourth-order valence-electron chi connectivity index (χ4n) is 1.58. The number of ether oxygens (including phenoxy) is 1. The Bertz CT molecular complexity index is 416. The minimum absolute atomic E-state index is 0.228. The van der Waals surface area contributed by atoms with Crippen molar-refractivity contribution < 1.29 is 4.74 Å². The number of aromatic nitrogens is 1. The fourth-order valence-corrected chi connectivity index (χ4v) is 2.26. The van der Waals surface area contributed by atoms with E-state index in [1.54, 1.807) is 0 Å². The molecule has 90 valence electrons. The SMILES string of the molecule is CNC(COCc1ccccc1)c1ccns1. The first kappa shape index (κ1) is 12.2. The number of hydrogen-bond acceptors (Lipinski definition) is 4.